The van der Waals surface area contributed by atoms with Crippen molar-refractivity contribution in [1.82, 2.24) is 0 Å². The van der Waals surface area contributed by atoms with Crippen molar-refractivity contribution in [2.75, 3.05) is 0 Å². The number of carboxylic acids is 1. The Bertz CT molecular complexity index is 506. The highest BCUT2D eigenvalue weighted by Gasteiger charge is 2.19. The number of rotatable bonds is 4. The van der Waals surface area contributed by atoms with Crippen LogP contribution in [-0.2, 0) is 0 Å². The Balaban J connectivity index is 3.18. The molecule has 1 unspecified atom stereocenters. The summed E-state index contributed by atoms with van der Waals surface area (Å²) in [4.78, 5) is 20.6. The number of nitriles is 1. The summed E-state index contributed by atoms with van der Waals surface area (Å²) in [5.41, 5.74) is -0.694. The fourth-order valence-electron chi connectivity index (χ4n) is 1.11. The number of carboxylic acid groups (broad SMARTS) is 1. The van der Waals surface area contributed by atoms with Gasteiger partial charge in [-0.3, -0.25) is 10.1 Å². The summed E-state index contributed by atoms with van der Waals surface area (Å²) in [7, 11) is 0. The van der Waals surface area contributed by atoms with Crippen LogP contribution in [-0.4, -0.2) is 22.1 Å². The van der Waals surface area contributed by atoms with Crippen LogP contribution < -0.4 is 4.74 Å². The lowest BCUT2D eigenvalue weighted by Crippen LogP contribution is -2.10. The highest BCUT2D eigenvalue weighted by molar-refractivity contribution is 5.88. The van der Waals surface area contributed by atoms with Crippen molar-refractivity contribution in [3.8, 4) is 11.8 Å². The second-order valence-corrected chi connectivity index (χ2v) is 3.13. The van der Waals surface area contributed by atoms with E-state index in [1.54, 1.807) is 6.07 Å². The molecule has 1 atom stereocenters. The van der Waals surface area contributed by atoms with E-state index in [1.165, 1.54) is 13.0 Å². The van der Waals surface area contributed by atoms with E-state index in [0.717, 1.165) is 12.1 Å². The number of ether oxygens (including phenoxy) is 1. The van der Waals surface area contributed by atoms with E-state index in [1.807, 2.05) is 0 Å². The molecule has 17 heavy (non-hydrogen) atoms. The average molecular weight is 236 g/mol. The predicted octanol–water partition coefficient (Wildman–Crippen LogP) is 1.58. The van der Waals surface area contributed by atoms with Crippen molar-refractivity contribution in [3.63, 3.8) is 0 Å². The van der Waals surface area contributed by atoms with Crippen LogP contribution in [0.3, 0.4) is 0 Å². The molecule has 1 aromatic rings. The van der Waals surface area contributed by atoms with Gasteiger partial charge in [0.05, 0.1) is 10.5 Å². The topological polar surface area (TPSA) is 113 Å². The quantitative estimate of drug-likeness (QED) is 0.627. The first-order valence-corrected chi connectivity index (χ1v) is 4.53. The van der Waals surface area contributed by atoms with Gasteiger partial charge in [-0.05, 0) is 19.1 Å². The summed E-state index contributed by atoms with van der Waals surface area (Å²) in [5.74, 6) is -1.40. The standard InChI is InChI=1S/C10H8N2O5/c1-6(5-11)17-9-3-2-7(10(13)14)4-8(9)12(15)16/h2-4,6H,1H3,(H,13,14). The summed E-state index contributed by atoms with van der Waals surface area (Å²) >= 11 is 0. The number of hydrogen-bond acceptors (Lipinski definition) is 5. The number of nitrogens with zero attached hydrogens (tertiary/aromatic N) is 2. The second kappa shape index (κ2) is 4.94. The Hall–Kier alpha value is -2.62. The number of nitro benzene ring substituents is 1. The van der Waals surface area contributed by atoms with Crippen molar-refractivity contribution in [2.45, 2.75) is 13.0 Å². The highest BCUT2D eigenvalue weighted by Crippen LogP contribution is 2.28. The van der Waals surface area contributed by atoms with E-state index in [9.17, 15) is 14.9 Å². The number of carbonyl (C=O) groups is 1. The van der Waals surface area contributed by atoms with Crippen LogP contribution >= 0.6 is 0 Å². The number of nitro groups is 1. The molecule has 0 heterocycles. The van der Waals surface area contributed by atoms with Gasteiger partial charge in [0.15, 0.2) is 11.9 Å². The zero-order valence-corrected chi connectivity index (χ0v) is 8.78. The first-order valence-electron chi connectivity index (χ1n) is 4.53. The molecule has 1 aromatic carbocycles. The average Bonchev–Trinajstić information content (AvgIpc) is 2.28. The van der Waals surface area contributed by atoms with E-state index < -0.39 is 22.7 Å². The Morgan fingerprint density at radius 1 is 1.65 bits per heavy atom. The van der Waals surface area contributed by atoms with Crippen LogP contribution in [0.4, 0.5) is 5.69 Å². The van der Waals surface area contributed by atoms with E-state index in [4.69, 9.17) is 15.1 Å². The first kappa shape index (κ1) is 12.4. The normalized spacial score (nSPS) is 11.3. The lowest BCUT2D eigenvalue weighted by atomic mass is 10.2. The minimum atomic E-state index is -1.27. The molecule has 0 aliphatic heterocycles. The summed E-state index contributed by atoms with van der Waals surface area (Å²) in [6.45, 7) is 1.43. The van der Waals surface area contributed by atoms with Gasteiger partial charge in [-0.25, -0.2) is 4.79 Å². The largest absolute Gasteiger partial charge is 0.478 e. The molecule has 7 heteroatoms. The molecule has 1 rings (SSSR count). The van der Waals surface area contributed by atoms with Crippen LogP contribution in [0.5, 0.6) is 5.75 Å². The van der Waals surface area contributed by atoms with Gasteiger partial charge in [0, 0.05) is 6.07 Å². The van der Waals surface area contributed by atoms with Gasteiger partial charge in [0.1, 0.15) is 6.07 Å². The van der Waals surface area contributed by atoms with E-state index in [2.05, 4.69) is 0 Å². The van der Waals surface area contributed by atoms with Crippen molar-refractivity contribution < 1.29 is 19.6 Å². The molecule has 0 bridgehead atoms. The van der Waals surface area contributed by atoms with E-state index in [0.29, 0.717) is 0 Å². The fraction of sp³-hybridized carbons (Fsp3) is 0.200. The number of aromatic carboxylic acids is 1. The zero-order valence-electron chi connectivity index (χ0n) is 8.78. The SMILES string of the molecule is CC(C#N)Oc1ccc(C(=O)O)cc1[N+](=O)[O-]. The third-order valence-electron chi connectivity index (χ3n) is 1.89. The Labute approximate surface area is 96.0 Å². The van der Waals surface area contributed by atoms with Crippen LogP contribution in [0.25, 0.3) is 0 Å². The summed E-state index contributed by atoms with van der Waals surface area (Å²) in [6.07, 6.45) is -0.857. The van der Waals surface area contributed by atoms with Crippen LogP contribution in [0, 0.1) is 21.4 Å². The summed E-state index contributed by atoms with van der Waals surface area (Å²) < 4.78 is 4.99. The monoisotopic (exact) mass is 236 g/mol. The van der Waals surface area contributed by atoms with Crippen molar-refractivity contribution in [2.24, 2.45) is 0 Å². The molecule has 0 aliphatic carbocycles. The minimum Gasteiger partial charge on any atom is -0.478 e. The predicted molar refractivity (Wildman–Crippen MR) is 55.8 cm³/mol. The molecule has 0 aliphatic rings. The van der Waals surface area contributed by atoms with Gasteiger partial charge >= 0.3 is 11.7 Å². The van der Waals surface area contributed by atoms with E-state index >= 15 is 0 Å². The molecule has 88 valence electrons. The maximum atomic E-state index is 10.7. The molecule has 0 fully saturated rings. The van der Waals surface area contributed by atoms with Crippen LogP contribution in [0.2, 0.25) is 0 Å². The molecule has 0 radical (unpaired) electrons. The van der Waals surface area contributed by atoms with Crippen LogP contribution in [0.15, 0.2) is 18.2 Å². The maximum absolute atomic E-state index is 10.7. The van der Waals surface area contributed by atoms with Crippen molar-refractivity contribution >= 4 is 11.7 Å². The number of benzene rings is 1. The molecule has 0 saturated carbocycles. The molecular weight excluding hydrogens is 228 g/mol. The molecule has 0 spiro atoms. The third kappa shape index (κ3) is 2.92. The van der Waals surface area contributed by atoms with E-state index in [-0.39, 0.29) is 11.3 Å². The van der Waals surface area contributed by atoms with Crippen LogP contribution in [0.1, 0.15) is 17.3 Å². The summed E-state index contributed by atoms with van der Waals surface area (Å²) in [5, 5.41) is 27.9. The Kier molecular flexibility index (Phi) is 3.62. The molecule has 1 N–H and O–H groups in total. The second-order valence-electron chi connectivity index (χ2n) is 3.13. The van der Waals surface area contributed by atoms with Gasteiger partial charge in [-0.2, -0.15) is 5.26 Å². The maximum Gasteiger partial charge on any atom is 0.335 e. The zero-order chi connectivity index (χ0) is 13.0. The third-order valence-corrected chi connectivity index (χ3v) is 1.89. The highest BCUT2D eigenvalue weighted by atomic mass is 16.6. The van der Waals surface area contributed by atoms with Crippen molar-refractivity contribution in [3.05, 3.63) is 33.9 Å². The number of hydrogen-bond donors (Lipinski definition) is 1. The first-order chi connectivity index (χ1) is 7.95. The van der Waals surface area contributed by atoms with Gasteiger partial charge in [-0.15, -0.1) is 0 Å². The van der Waals surface area contributed by atoms with Gasteiger partial charge < -0.3 is 9.84 Å². The smallest absolute Gasteiger partial charge is 0.335 e. The molecule has 0 aromatic heterocycles. The Morgan fingerprint density at radius 3 is 2.76 bits per heavy atom. The molecular formula is C10H8N2O5. The van der Waals surface area contributed by atoms with Gasteiger partial charge in [0.25, 0.3) is 0 Å². The van der Waals surface area contributed by atoms with Gasteiger partial charge in [-0.1, -0.05) is 0 Å². The Morgan fingerprint density at radius 2 is 2.29 bits per heavy atom. The fourth-order valence-corrected chi connectivity index (χ4v) is 1.11. The molecule has 0 amide bonds. The van der Waals surface area contributed by atoms with Crippen molar-refractivity contribution in [1.29, 1.82) is 5.26 Å². The minimum absolute atomic E-state index is 0.131. The molecule has 0 saturated heterocycles. The lowest BCUT2D eigenvalue weighted by Gasteiger charge is -2.08. The molecule has 7 nitrogen and oxygen atoms in total. The van der Waals surface area contributed by atoms with Gasteiger partial charge in [0.2, 0.25) is 0 Å². The summed E-state index contributed by atoms with van der Waals surface area (Å²) in [6, 6.07) is 4.98. The lowest BCUT2D eigenvalue weighted by molar-refractivity contribution is -0.386.